The molecule has 1 aromatic heterocycles. The summed E-state index contributed by atoms with van der Waals surface area (Å²) in [6.45, 7) is 0. The van der Waals surface area contributed by atoms with E-state index < -0.39 is 5.97 Å². The Bertz CT molecular complexity index is 964. The third-order valence-electron chi connectivity index (χ3n) is 3.25. The predicted molar refractivity (Wildman–Crippen MR) is 93.0 cm³/mol. The fourth-order valence-electron chi connectivity index (χ4n) is 2.07. The molecule has 0 atom stereocenters. The van der Waals surface area contributed by atoms with E-state index in [-0.39, 0.29) is 23.0 Å². The number of carbonyl (C=O) groups excluding carboxylic acids is 1. The van der Waals surface area contributed by atoms with Crippen LogP contribution in [-0.2, 0) is 11.2 Å². The summed E-state index contributed by atoms with van der Waals surface area (Å²) < 4.78 is 18.2. The molecular weight excluding hydrogens is 363 g/mol. The number of nitrogens with zero attached hydrogens (tertiary/aromatic N) is 2. The van der Waals surface area contributed by atoms with Gasteiger partial charge in [0.1, 0.15) is 16.6 Å². The molecule has 0 bridgehead atoms. The Labute approximate surface area is 152 Å². The lowest BCUT2D eigenvalue weighted by Gasteiger charge is -2.05. The van der Waals surface area contributed by atoms with Gasteiger partial charge in [-0.25, -0.2) is 9.37 Å². The Balaban J connectivity index is 1.68. The lowest BCUT2D eigenvalue weighted by atomic mass is 10.2. The van der Waals surface area contributed by atoms with Gasteiger partial charge < -0.3 is 4.74 Å². The van der Waals surface area contributed by atoms with E-state index in [9.17, 15) is 9.18 Å². The molecule has 0 saturated heterocycles. The summed E-state index contributed by atoms with van der Waals surface area (Å²) in [7, 11) is 0. The van der Waals surface area contributed by atoms with Gasteiger partial charge in [-0.3, -0.25) is 4.79 Å². The number of esters is 1. The minimum Gasteiger partial charge on any atom is -0.425 e. The largest absolute Gasteiger partial charge is 0.425 e. The van der Waals surface area contributed by atoms with Crippen molar-refractivity contribution in [3.63, 3.8) is 0 Å². The molecule has 0 saturated carbocycles. The van der Waals surface area contributed by atoms with Crippen LogP contribution in [0.15, 0.2) is 47.8 Å². The van der Waals surface area contributed by atoms with Crippen molar-refractivity contribution < 1.29 is 13.9 Å². The van der Waals surface area contributed by atoms with Crippen LogP contribution < -0.4 is 4.74 Å². The number of benzene rings is 2. The molecule has 0 fully saturated rings. The zero-order valence-electron chi connectivity index (χ0n) is 12.7. The first-order chi connectivity index (χ1) is 12.0. The Kier molecular flexibility index (Phi) is 5.08. The molecule has 0 N–H and O–H groups in total. The van der Waals surface area contributed by atoms with Crippen molar-refractivity contribution in [2.45, 2.75) is 6.42 Å². The fraction of sp³-hybridized carbons (Fsp3) is 0.0556. The summed E-state index contributed by atoms with van der Waals surface area (Å²) in [5.74, 6) is -0.634. The molecule has 0 aliphatic rings. The Hall–Kier alpha value is -2.75. The van der Waals surface area contributed by atoms with Gasteiger partial charge >= 0.3 is 5.97 Å². The van der Waals surface area contributed by atoms with E-state index in [1.807, 2.05) is 6.07 Å². The number of rotatable bonds is 4. The molecule has 0 aliphatic heterocycles. The maximum absolute atomic E-state index is 13.0. The summed E-state index contributed by atoms with van der Waals surface area (Å²) in [6, 6.07) is 12.4. The average molecular weight is 373 g/mol. The monoisotopic (exact) mass is 372 g/mol. The molecule has 7 heteroatoms. The lowest BCUT2D eigenvalue weighted by molar-refractivity contribution is -0.133. The minimum absolute atomic E-state index is 0.0198. The maximum Gasteiger partial charge on any atom is 0.317 e. The third kappa shape index (κ3) is 4.21. The summed E-state index contributed by atoms with van der Waals surface area (Å²) in [5.41, 5.74) is 1.72. The number of aromatic nitrogens is 1. The summed E-state index contributed by atoms with van der Waals surface area (Å²) in [5, 5.41) is 11.4. The highest BCUT2D eigenvalue weighted by Gasteiger charge is 2.13. The van der Waals surface area contributed by atoms with E-state index in [1.165, 1.54) is 41.7 Å². The van der Waals surface area contributed by atoms with Crippen LogP contribution in [0, 0.1) is 17.1 Å². The molecular formula is C18H10ClFN2O2S. The van der Waals surface area contributed by atoms with Crippen LogP contribution >= 0.6 is 22.9 Å². The van der Waals surface area contributed by atoms with Crippen molar-refractivity contribution in [2.75, 3.05) is 0 Å². The highest BCUT2D eigenvalue weighted by Crippen LogP contribution is 2.27. The zero-order valence-corrected chi connectivity index (χ0v) is 14.3. The summed E-state index contributed by atoms with van der Waals surface area (Å²) in [6.07, 6.45) is -0.0198. The number of carbonyl (C=O) groups is 1. The second kappa shape index (κ2) is 7.43. The Morgan fingerprint density at radius 3 is 2.72 bits per heavy atom. The van der Waals surface area contributed by atoms with E-state index in [0.717, 1.165) is 5.56 Å². The van der Waals surface area contributed by atoms with Crippen molar-refractivity contribution in [3.8, 4) is 22.4 Å². The van der Waals surface area contributed by atoms with Crippen molar-refractivity contribution in [3.05, 3.63) is 69.9 Å². The SMILES string of the molecule is N#Cc1ccc(OC(=O)Cc2csc(-c3ccc(F)cc3)n2)c(Cl)c1. The van der Waals surface area contributed by atoms with Gasteiger partial charge in [0.25, 0.3) is 0 Å². The van der Waals surface area contributed by atoms with Gasteiger partial charge in [0, 0.05) is 10.9 Å². The van der Waals surface area contributed by atoms with Crippen LogP contribution in [0.5, 0.6) is 5.75 Å². The van der Waals surface area contributed by atoms with Crippen molar-refractivity contribution in [1.82, 2.24) is 4.98 Å². The van der Waals surface area contributed by atoms with Gasteiger partial charge in [0.2, 0.25) is 0 Å². The normalized spacial score (nSPS) is 10.3. The van der Waals surface area contributed by atoms with Gasteiger partial charge in [0.15, 0.2) is 0 Å². The number of nitriles is 1. The summed E-state index contributed by atoms with van der Waals surface area (Å²) >= 11 is 7.34. The van der Waals surface area contributed by atoms with E-state index in [4.69, 9.17) is 21.6 Å². The van der Waals surface area contributed by atoms with E-state index in [0.29, 0.717) is 16.3 Å². The van der Waals surface area contributed by atoms with Crippen LogP contribution in [0.3, 0.4) is 0 Å². The van der Waals surface area contributed by atoms with Gasteiger partial charge in [-0.15, -0.1) is 11.3 Å². The van der Waals surface area contributed by atoms with Crippen molar-refractivity contribution >= 4 is 28.9 Å². The highest BCUT2D eigenvalue weighted by atomic mass is 35.5. The van der Waals surface area contributed by atoms with Gasteiger partial charge in [-0.2, -0.15) is 5.26 Å². The van der Waals surface area contributed by atoms with Crippen LogP contribution in [0.2, 0.25) is 5.02 Å². The van der Waals surface area contributed by atoms with Gasteiger partial charge in [0.05, 0.1) is 28.8 Å². The molecule has 1 heterocycles. The first-order valence-electron chi connectivity index (χ1n) is 7.16. The minimum atomic E-state index is -0.512. The van der Waals surface area contributed by atoms with Crippen molar-refractivity contribution in [1.29, 1.82) is 5.26 Å². The van der Waals surface area contributed by atoms with E-state index in [1.54, 1.807) is 17.5 Å². The first kappa shape index (κ1) is 17.1. The molecule has 3 aromatic rings. The Morgan fingerprint density at radius 1 is 1.28 bits per heavy atom. The molecule has 124 valence electrons. The number of hydrogen-bond acceptors (Lipinski definition) is 5. The molecule has 0 unspecified atom stereocenters. The molecule has 0 aliphatic carbocycles. The predicted octanol–water partition coefficient (Wildman–Crippen LogP) is 4.62. The van der Waals surface area contributed by atoms with E-state index >= 15 is 0 Å². The standard InChI is InChI=1S/C18H10ClFN2O2S/c19-15-7-11(9-21)1-6-16(15)24-17(23)8-14-10-25-18(22-14)12-2-4-13(20)5-3-12/h1-7,10H,8H2. The Morgan fingerprint density at radius 2 is 2.04 bits per heavy atom. The zero-order chi connectivity index (χ0) is 17.8. The average Bonchev–Trinajstić information content (AvgIpc) is 3.05. The maximum atomic E-state index is 13.0. The second-order valence-electron chi connectivity index (χ2n) is 5.06. The van der Waals surface area contributed by atoms with Gasteiger partial charge in [-0.05, 0) is 42.5 Å². The summed E-state index contributed by atoms with van der Waals surface area (Å²) in [4.78, 5) is 16.4. The first-order valence-corrected chi connectivity index (χ1v) is 8.41. The fourth-order valence-corrected chi connectivity index (χ4v) is 3.12. The molecule has 2 aromatic carbocycles. The van der Waals surface area contributed by atoms with Crippen LogP contribution in [0.4, 0.5) is 4.39 Å². The quantitative estimate of drug-likeness (QED) is 0.495. The molecule has 25 heavy (non-hydrogen) atoms. The highest BCUT2D eigenvalue weighted by molar-refractivity contribution is 7.13. The number of ether oxygens (including phenoxy) is 1. The molecule has 4 nitrogen and oxygen atoms in total. The molecule has 0 radical (unpaired) electrons. The molecule has 0 amide bonds. The van der Waals surface area contributed by atoms with Crippen LogP contribution in [-0.4, -0.2) is 11.0 Å². The van der Waals surface area contributed by atoms with E-state index in [2.05, 4.69) is 4.98 Å². The molecule has 3 rings (SSSR count). The number of thiazole rings is 1. The lowest BCUT2D eigenvalue weighted by Crippen LogP contribution is -2.11. The third-order valence-corrected chi connectivity index (χ3v) is 4.49. The number of hydrogen-bond donors (Lipinski definition) is 0. The van der Waals surface area contributed by atoms with Gasteiger partial charge in [-0.1, -0.05) is 11.6 Å². The second-order valence-corrected chi connectivity index (χ2v) is 6.32. The molecule has 0 spiro atoms. The van der Waals surface area contributed by atoms with Crippen molar-refractivity contribution in [2.24, 2.45) is 0 Å². The van der Waals surface area contributed by atoms with Crippen LogP contribution in [0.25, 0.3) is 10.6 Å². The van der Waals surface area contributed by atoms with Crippen LogP contribution in [0.1, 0.15) is 11.3 Å². The topological polar surface area (TPSA) is 63.0 Å². The smallest absolute Gasteiger partial charge is 0.317 e. The number of halogens is 2.